The van der Waals surface area contributed by atoms with Crippen molar-refractivity contribution in [1.29, 1.82) is 0 Å². The van der Waals surface area contributed by atoms with Crippen molar-refractivity contribution in [2.24, 2.45) is 10.9 Å². The normalized spacial score (nSPS) is 17.0. The summed E-state index contributed by atoms with van der Waals surface area (Å²) in [7, 11) is 0. The highest BCUT2D eigenvalue weighted by molar-refractivity contribution is 14.0. The minimum atomic E-state index is 0. The number of nitrogens with one attached hydrogen (secondary N) is 2. The van der Waals surface area contributed by atoms with Crippen LogP contribution in [0.3, 0.4) is 0 Å². The zero-order chi connectivity index (χ0) is 20.3. The fourth-order valence-corrected chi connectivity index (χ4v) is 3.79. The standard InChI is InChI=1S/C22H35N7.HI/c1-3-21-27-26-18-29(21)15-12-24-22(23-4-2)25-16-20-11-14-28(17-20)13-10-19-8-6-5-7-9-19;/h5-9,18,20H,3-4,10-17H2,1-2H3,(H2,23,24,25);1H. The van der Waals surface area contributed by atoms with Crippen molar-refractivity contribution >= 4 is 29.9 Å². The lowest BCUT2D eigenvalue weighted by Gasteiger charge is -2.16. The average molecular weight is 525 g/mol. The van der Waals surface area contributed by atoms with Crippen molar-refractivity contribution in [2.45, 2.75) is 39.7 Å². The van der Waals surface area contributed by atoms with Crippen LogP contribution < -0.4 is 10.6 Å². The molecule has 1 atom stereocenters. The Morgan fingerprint density at radius 2 is 2.00 bits per heavy atom. The quantitative estimate of drug-likeness (QED) is 0.284. The van der Waals surface area contributed by atoms with E-state index >= 15 is 0 Å². The first-order chi connectivity index (χ1) is 14.3. The Kier molecular flexibility index (Phi) is 11.1. The van der Waals surface area contributed by atoms with Gasteiger partial charge >= 0.3 is 0 Å². The van der Waals surface area contributed by atoms with E-state index in [1.54, 1.807) is 6.33 Å². The highest BCUT2D eigenvalue weighted by atomic mass is 127. The van der Waals surface area contributed by atoms with Crippen LogP contribution in [-0.2, 0) is 19.4 Å². The molecule has 8 heteroatoms. The summed E-state index contributed by atoms with van der Waals surface area (Å²) >= 11 is 0. The number of hydrogen-bond acceptors (Lipinski definition) is 4. The van der Waals surface area contributed by atoms with Crippen molar-refractivity contribution < 1.29 is 0 Å². The Morgan fingerprint density at radius 1 is 1.17 bits per heavy atom. The van der Waals surface area contributed by atoms with Crippen molar-refractivity contribution in [3.63, 3.8) is 0 Å². The molecular formula is C22H36IN7. The number of halogens is 1. The highest BCUT2D eigenvalue weighted by Crippen LogP contribution is 2.17. The summed E-state index contributed by atoms with van der Waals surface area (Å²) in [6, 6.07) is 10.8. The van der Waals surface area contributed by atoms with E-state index < -0.39 is 0 Å². The van der Waals surface area contributed by atoms with Gasteiger partial charge in [-0.2, -0.15) is 0 Å². The summed E-state index contributed by atoms with van der Waals surface area (Å²) < 4.78 is 2.10. The molecule has 1 aliphatic heterocycles. The van der Waals surface area contributed by atoms with E-state index in [1.807, 2.05) is 0 Å². The first kappa shape index (κ1) is 24.6. The molecule has 7 nitrogen and oxygen atoms in total. The SMILES string of the molecule is CCNC(=NCC1CCN(CCc2ccccc2)C1)NCCn1cnnc1CC.I. The van der Waals surface area contributed by atoms with E-state index in [0.29, 0.717) is 5.92 Å². The van der Waals surface area contributed by atoms with Gasteiger partial charge in [-0.3, -0.25) is 4.99 Å². The molecular weight excluding hydrogens is 489 g/mol. The number of likely N-dealkylation sites (tertiary alicyclic amines) is 1. The molecule has 0 spiro atoms. The summed E-state index contributed by atoms with van der Waals surface area (Å²) in [5, 5.41) is 14.9. The third kappa shape index (κ3) is 7.86. The van der Waals surface area contributed by atoms with E-state index in [-0.39, 0.29) is 24.0 Å². The van der Waals surface area contributed by atoms with E-state index in [1.165, 1.54) is 18.5 Å². The molecule has 2 N–H and O–H groups in total. The first-order valence-corrected chi connectivity index (χ1v) is 10.9. The lowest BCUT2D eigenvalue weighted by Crippen LogP contribution is -2.39. The number of nitrogens with zero attached hydrogens (tertiary/aromatic N) is 5. The Hall–Kier alpha value is -1.68. The maximum absolute atomic E-state index is 4.84. The van der Waals surface area contributed by atoms with Gasteiger partial charge in [0.1, 0.15) is 12.2 Å². The molecule has 1 aromatic heterocycles. The second kappa shape index (κ2) is 13.6. The Morgan fingerprint density at radius 3 is 2.77 bits per heavy atom. The largest absolute Gasteiger partial charge is 0.357 e. The smallest absolute Gasteiger partial charge is 0.191 e. The maximum Gasteiger partial charge on any atom is 0.191 e. The van der Waals surface area contributed by atoms with Gasteiger partial charge in [-0.15, -0.1) is 34.2 Å². The summed E-state index contributed by atoms with van der Waals surface area (Å²) in [6.45, 7) is 11.1. The number of benzene rings is 1. The van der Waals surface area contributed by atoms with Gasteiger partial charge in [-0.1, -0.05) is 37.3 Å². The molecule has 3 rings (SSSR count). The second-order valence-corrected chi connectivity index (χ2v) is 7.63. The summed E-state index contributed by atoms with van der Waals surface area (Å²) in [6.07, 6.45) is 5.06. The van der Waals surface area contributed by atoms with Crippen LogP contribution in [-0.4, -0.2) is 64.9 Å². The summed E-state index contributed by atoms with van der Waals surface area (Å²) in [4.78, 5) is 7.41. The molecule has 0 saturated carbocycles. The average Bonchev–Trinajstić information content (AvgIpc) is 3.40. The van der Waals surface area contributed by atoms with Crippen molar-refractivity contribution in [3.8, 4) is 0 Å². The highest BCUT2D eigenvalue weighted by Gasteiger charge is 2.21. The van der Waals surface area contributed by atoms with Crippen LogP contribution in [0.2, 0.25) is 0 Å². The topological polar surface area (TPSA) is 70.4 Å². The number of aliphatic imine (C=N–C) groups is 1. The van der Waals surface area contributed by atoms with Gasteiger partial charge < -0.3 is 20.1 Å². The molecule has 1 saturated heterocycles. The first-order valence-electron chi connectivity index (χ1n) is 10.9. The molecule has 1 unspecified atom stereocenters. The van der Waals surface area contributed by atoms with Gasteiger partial charge in [0.05, 0.1) is 0 Å². The molecule has 1 fully saturated rings. The minimum Gasteiger partial charge on any atom is -0.357 e. The van der Waals surface area contributed by atoms with Gasteiger partial charge in [0.2, 0.25) is 0 Å². The molecule has 0 aliphatic carbocycles. The lowest BCUT2D eigenvalue weighted by molar-refractivity contribution is 0.329. The van der Waals surface area contributed by atoms with Crippen LogP contribution in [0.1, 0.15) is 31.7 Å². The molecule has 30 heavy (non-hydrogen) atoms. The fourth-order valence-electron chi connectivity index (χ4n) is 3.79. The predicted octanol–water partition coefficient (Wildman–Crippen LogP) is 2.58. The number of aromatic nitrogens is 3. The lowest BCUT2D eigenvalue weighted by atomic mass is 10.1. The van der Waals surface area contributed by atoms with Crippen molar-refractivity contribution in [3.05, 3.63) is 48.0 Å². The van der Waals surface area contributed by atoms with Crippen LogP contribution in [0.25, 0.3) is 0 Å². The van der Waals surface area contributed by atoms with E-state index in [9.17, 15) is 0 Å². The Labute approximate surface area is 197 Å². The molecule has 0 amide bonds. The minimum absolute atomic E-state index is 0. The van der Waals surface area contributed by atoms with Gasteiger partial charge in [-0.05, 0) is 37.8 Å². The fraction of sp³-hybridized carbons (Fsp3) is 0.591. The maximum atomic E-state index is 4.84. The Bertz CT molecular complexity index is 747. The molecule has 2 heterocycles. The zero-order valence-electron chi connectivity index (χ0n) is 18.3. The monoisotopic (exact) mass is 525 g/mol. The van der Waals surface area contributed by atoms with E-state index in [4.69, 9.17) is 4.99 Å². The van der Waals surface area contributed by atoms with Gasteiger partial charge in [0.25, 0.3) is 0 Å². The third-order valence-electron chi connectivity index (χ3n) is 5.44. The molecule has 2 aromatic rings. The number of guanidine groups is 1. The van der Waals surface area contributed by atoms with Crippen LogP contribution in [0.4, 0.5) is 0 Å². The number of aryl methyl sites for hydroxylation is 1. The second-order valence-electron chi connectivity index (χ2n) is 7.63. The zero-order valence-corrected chi connectivity index (χ0v) is 20.6. The van der Waals surface area contributed by atoms with Gasteiger partial charge in [-0.25, -0.2) is 0 Å². The predicted molar refractivity (Wildman–Crippen MR) is 133 cm³/mol. The van der Waals surface area contributed by atoms with Crippen LogP contribution in [0.15, 0.2) is 41.7 Å². The molecule has 0 radical (unpaired) electrons. The van der Waals surface area contributed by atoms with Crippen LogP contribution >= 0.6 is 24.0 Å². The summed E-state index contributed by atoms with van der Waals surface area (Å²) in [5.74, 6) is 2.57. The number of hydrogen-bond donors (Lipinski definition) is 2. The molecule has 1 aliphatic rings. The third-order valence-corrected chi connectivity index (χ3v) is 5.44. The Balaban J connectivity index is 0.00000320. The number of rotatable bonds is 10. The van der Waals surface area contributed by atoms with Crippen LogP contribution in [0.5, 0.6) is 0 Å². The summed E-state index contributed by atoms with van der Waals surface area (Å²) in [5.41, 5.74) is 1.42. The van der Waals surface area contributed by atoms with E-state index in [2.05, 4.69) is 74.5 Å². The van der Waals surface area contributed by atoms with E-state index in [0.717, 1.165) is 63.9 Å². The van der Waals surface area contributed by atoms with Gasteiger partial charge in [0, 0.05) is 45.7 Å². The molecule has 166 valence electrons. The molecule has 0 bridgehead atoms. The molecule has 1 aromatic carbocycles. The van der Waals surface area contributed by atoms with Crippen LogP contribution in [0, 0.1) is 5.92 Å². The van der Waals surface area contributed by atoms with Gasteiger partial charge in [0.15, 0.2) is 5.96 Å². The van der Waals surface area contributed by atoms with Crippen molar-refractivity contribution in [2.75, 3.05) is 39.3 Å². The van der Waals surface area contributed by atoms with Crippen molar-refractivity contribution in [1.82, 2.24) is 30.3 Å².